The van der Waals surface area contributed by atoms with Crippen LogP contribution >= 0.6 is 0 Å². The molecule has 12 heteroatoms. The van der Waals surface area contributed by atoms with Crippen molar-refractivity contribution < 1.29 is 19.8 Å². The van der Waals surface area contributed by atoms with Gasteiger partial charge >= 0.3 is 17.6 Å². The molecule has 3 N–H and O–H groups in total. The molecule has 1 fully saturated rings. The third-order valence-electron chi connectivity index (χ3n) is 7.11. The number of aliphatic carboxylic acids is 2. The van der Waals surface area contributed by atoms with Crippen molar-refractivity contribution in [1.29, 1.82) is 0 Å². The number of aromatic amines is 1. The molecule has 0 bridgehead atoms. The average Bonchev–Trinajstić information content (AvgIpc) is 3.55. The maximum Gasteiger partial charge on any atom is 0.332 e. The van der Waals surface area contributed by atoms with E-state index in [2.05, 4.69) is 45.3 Å². The van der Waals surface area contributed by atoms with Gasteiger partial charge in [-0.3, -0.25) is 13.9 Å². The van der Waals surface area contributed by atoms with Crippen molar-refractivity contribution in [3.63, 3.8) is 0 Å². The minimum atomic E-state index is -1.26. The first-order valence-corrected chi connectivity index (χ1v) is 12.7. The Morgan fingerprint density at radius 2 is 1.69 bits per heavy atom. The highest BCUT2D eigenvalue weighted by Crippen LogP contribution is 2.33. The first kappa shape index (κ1) is 27.6. The van der Waals surface area contributed by atoms with E-state index in [0.717, 1.165) is 30.6 Å². The van der Waals surface area contributed by atoms with Crippen molar-refractivity contribution in [3.05, 3.63) is 75.3 Å². The van der Waals surface area contributed by atoms with Gasteiger partial charge in [0.1, 0.15) is 0 Å². The molecule has 1 saturated heterocycles. The van der Waals surface area contributed by atoms with E-state index in [4.69, 9.17) is 10.2 Å². The smallest absolute Gasteiger partial charge is 0.332 e. The zero-order valence-corrected chi connectivity index (χ0v) is 21.9. The van der Waals surface area contributed by atoms with Gasteiger partial charge in [-0.1, -0.05) is 18.2 Å². The predicted octanol–water partition coefficient (Wildman–Crippen LogP) is 1.90. The zero-order valence-electron chi connectivity index (χ0n) is 21.9. The van der Waals surface area contributed by atoms with Gasteiger partial charge in [0, 0.05) is 49.9 Å². The van der Waals surface area contributed by atoms with Crippen LogP contribution in [0.25, 0.3) is 22.1 Å². The Balaban J connectivity index is 0.000000386. The number of rotatable bonds is 7. The molecule has 0 amide bonds. The first-order chi connectivity index (χ1) is 18.7. The lowest BCUT2D eigenvalue weighted by Gasteiger charge is -2.32. The third-order valence-corrected chi connectivity index (χ3v) is 7.11. The summed E-state index contributed by atoms with van der Waals surface area (Å²) in [5.74, 6) is -1.91. The Morgan fingerprint density at radius 1 is 1.03 bits per heavy atom. The van der Waals surface area contributed by atoms with Crippen molar-refractivity contribution >= 4 is 34.0 Å². The Bertz CT molecular complexity index is 1620. The maximum atomic E-state index is 12.6. The molecule has 0 saturated carbocycles. The fourth-order valence-electron chi connectivity index (χ4n) is 5.07. The number of H-pyrrole nitrogens is 1. The highest BCUT2D eigenvalue weighted by molar-refractivity contribution is 5.89. The Morgan fingerprint density at radius 3 is 2.36 bits per heavy atom. The summed E-state index contributed by atoms with van der Waals surface area (Å²) in [6.45, 7) is 3.88. The van der Waals surface area contributed by atoms with E-state index in [-0.39, 0.29) is 11.2 Å². The van der Waals surface area contributed by atoms with Crippen LogP contribution in [0.4, 0.5) is 0 Å². The summed E-state index contributed by atoms with van der Waals surface area (Å²) in [6.07, 6.45) is 8.24. The lowest BCUT2D eigenvalue weighted by atomic mass is 9.89. The van der Waals surface area contributed by atoms with Gasteiger partial charge in [-0.15, -0.1) is 0 Å². The summed E-state index contributed by atoms with van der Waals surface area (Å²) < 4.78 is 4.47. The summed E-state index contributed by atoms with van der Waals surface area (Å²) in [5, 5.41) is 17.0. The number of nitrogens with one attached hydrogen (secondary N) is 1. The number of carboxylic acids is 2. The number of hydrogen-bond donors (Lipinski definition) is 3. The second-order valence-electron chi connectivity index (χ2n) is 9.58. The second-order valence-corrected chi connectivity index (χ2v) is 9.58. The van der Waals surface area contributed by atoms with Crippen LogP contribution in [-0.2, 0) is 30.2 Å². The molecule has 0 spiro atoms. The number of fused-ring (bicyclic) bond motifs is 2. The van der Waals surface area contributed by atoms with E-state index in [1.165, 1.54) is 40.9 Å². The van der Waals surface area contributed by atoms with Gasteiger partial charge in [-0.2, -0.15) is 0 Å². The molecule has 1 aromatic carbocycles. The van der Waals surface area contributed by atoms with Gasteiger partial charge in [0.2, 0.25) is 0 Å². The molecule has 3 aromatic heterocycles. The van der Waals surface area contributed by atoms with Crippen molar-refractivity contribution in [2.75, 3.05) is 19.6 Å². The highest BCUT2D eigenvalue weighted by Gasteiger charge is 2.22. The number of carboxylic acid groups (broad SMARTS) is 2. The number of aryl methyl sites for hydroxylation is 2. The van der Waals surface area contributed by atoms with Crippen LogP contribution in [0, 0.1) is 0 Å². The second kappa shape index (κ2) is 11.9. The molecule has 0 unspecified atom stereocenters. The van der Waals surface area contributed by atoms with Crippen LogP contribution < -0.4 is 11.2 Å². The Labute approximate surface area is 223 Å². The Kier molecular flexibility index (Phi) is 8.45. The summed E-state index contributed by atoms with van der Waals surface area (Å²) in [5.41, 5.74) is 2.99. The average molecular weight is 537 g/mol. The zero-order chi connectivity index (χ0) is 28.1. The molecule has 0 radical (unpaired) electrons. The van der Waals surface area contributed by atoms with Gasteiger partial charge in [0.25, 0.3) is 5.56 Å². The highest BCUT2D eigenvalue weighted by atomic mass is 16.4. The molecular weight excluding hydrogens is 504 g/mol. The van der Waals surface area contributed by atoms with Crippen LogP contribution in [0.2, 0.25) is 0 Å². The number of piperidine rings is 1. The molecule has 4 aromatic rings. The van der Waals surface area contributed by atoms with Crippen LogP contribution in [0.1, 0.15) is 30.7 Å². The minimum absolute atomic E-state index is 0.282. The molecule has 1 aliphatic heterocycles. The monoisotopic (exact) mass is 536 g/mol. The largest absolute Gasteiger partial charge is 0.478 e. The van der Waals surface area contributed by atoms with E-state index < -0.39 is 11.9 Å². The van der Waals surface area contributed by atoms with E-state index in [1.54, 1.807) is 13.4 Å². The normalized spacial score (nSPS) is 14.6. The number of aromatic nitrogens is 5. The van der Waals surface area contributed by atoms with Gasteiger partial charge in [-0.05, 0) is 56.4 Å². The topological polar surface area (TPSA) is 155 Å². The van der Waals surface area contributed by atoms with Gasteiger partial charge in [-0.25, -0.2) is 19.4 Å². The minimum Gasteiger partial charge on any atom is -0.478 e. The quantitative estimate of drug-likeness (QED) is 0.303. The van der Waals surface area contributed by atoms with Crippen LogP contribution in [-0.4, -0.2) is 70.4 Å². The van der Waals surface area contributed by atoms with Gasteiger partial charge < -0.3 is 24.7 Å². The van der Waals surface area contributed by atoms with Crippen molar-refractivity contribution in [3.8, 4) is 0 Å². The number of carbonyl (C=O) groups is 2. The fraction of sp³-hybridized carbons (Fsp3) is 0.370. The molecule has 39 heavy (non-hydrogen) atoms. The number of imidazole rings is 1. The van der Waals surface area contributed by atoms with E-state index in [0.29, 0.717) is 35.8 Å². The number of para-hydroxylation sites is 1. The lowest BCUT2D eigenvalue weighted by Crippen LogP contribution is -2.37. The number of nitrogens with zero attached hydrogens (tertiary/aromatic N) is 5. The van der Waals surface area contributed by atoms with E-state index >= 15 is 0 Å². The Hall–Kier alpha value is -4.45. The SMILES string of the molecule is Cn1c(=O)c2c(ncn2CCCN2CCC(c3c[nH]c4ccccc34)CC2)n(C)c1=O.O=C(O)C=CC(=O)O. The summed E-state index contributed by atoms with van der Waals surface area (Å²) >= 11 is 0. The maximum absolute atomic E-state index is 12.6. The van der Waals surface area contributed by atoms with E-state index in [9.17, 15) is 19.2 Å². The van der Waals surface area contributed by atoms with Crippen LogP contribution in [0.3, 0.4) is 0 Å². The number of hydrogen-bond acceptors (Lipinski definition) is 6. The molecule has 0 aliphatic carbocycles. The van der Waals surface area contributed by atoms with Gasteiger partial charge in [0.15, 0.2) is 11.2 Å². The molecule has 0 atom stereocenters. The molecular formula is C27H32N6O6. The predicted molar refractivity (Wildman–Crippen MR) is 146 cm³/mol. The first-order valence-electron chi connectivity index (χ1n) is 12.7. The molecule has 4 heterocycles. The molecule has 12 nitrogen and oxygen atoms in total. The molecule has 206 valence electrons. The van der Waals surface area contributed by atoms with Gasteiger partial charge in [0.05, 0.1) is 6.33 Å². The molecule has 1 aliphatic rings. The summed E-state index contributed by atoms with van der Waals surface area (Å²) in [4.78, 5) is 54.0. The van der Waals surface area contributed by atoms with Crippen LogP contribution in [0.5, 0.6) is 0 Å². The number of benzene rings is 1. The van der Waals surface area contributed by atoms with Crippen molar-refractivity contribution in [1.82, 2.24) is 28.6 Å². The summed E-state index contributed by atoms with van der Waals surface area (Å²) in [6, 6.07) is 8.53. The molecule has 5 rings (SSSR count). The van der Waals surface area contributed by atoms with Crippen LogP contribution in [0.15, 0.2) is 58.5 Å². The lowest BCUT2D eigenvalue weighted by molar-refractivity contribution is -0.134. The number of likely N-dealkylation sites (tertiary alicyclic amines) is 1. The fourth-order valence-corrected chi connectivity index (χ4v) is 5.07. The summed E-state index contributed by atoms with van der Waals surface area (Å²) in [7, 11) is 3.17. The van der Waals surface area contributed by atoms with E-state index in [1.807, 2.05) is 4.57 Å². The van der Waals surface area contributed by atoms with Crippen molar-refractivity contribution in [2.45, 2.75) is 31.7 Å². The third kappa shape index (κ3) is 6.17. The van der Waals surface area contributed by atoms with Crippen molar-refractivity contribution in [2.24, 2.45) is 14.1 Å². The standard InChI is InChI=1S/C23H28N6O2.C4H4O4/c1-26-21-20(22(30)27(2)23(26)31)29(15-25-21)11-5-10-28-12-8-16(9-13-28)18-14-24-19-7-4-3-6-17(18)19;5-3(6)1-2-4(7)8/h3-4,6-7,14-16,24H,5,8-13H2,1-2H3;1-2H,(H,5,6)(H,7,8).